The number of aromatic carboxylic acids is 1. The number of nitrogens with two attached hydrogens (primary N) is 1. The number of nitrogens with zero attached hydrogens (tertiary/aromatic N) is 9. The van der Waals surface area contributed by atoms with Crippen LogP contribution in [0.25, 0.3) is 64.3 Å². The third kappa shape index (κ3) is 24.3. The number of ether oxygens (including phenoxy) is 9. The second-order valence-corrected chi connectivity index (χ2v) is 33.6. The molecule has 6 aliphatic rings. The van der Waals surface area contributed by atoms with E-state index in [1.54, 1.807) is 94.2 Å². The highest BCUT2D eigenvalue weighted by Gasteiger charge is 2.33. The summed E-state index contributed by atoms with van der Waals surface area (Å²) in [6, 6.07) is 42.9. The second kappa shape index (κ2) is 43.4. The number of amides is 1. The molecule has 0 bridgehead atoms. The van der Waals surface area contributed by atoms with E-state index in [1.807, 2.05) is 99.1 Å². The summed E-state index contributed by atoms with van der Waals surface area (Å²) in [5.74, 6) is -1.29. The highest BCUT2D eigenvalue weighted by atomic mass is 79.9. The standard InChI is InChI=1S/C19H22N2O3.C17H18N2O3.C16H17BrN2O3.C16H18N2O3.C15H18N2O2S.C12H10BrNO2/c1-2-24-19(22)16-11-14-5-6-17(21-7-9-23-10-8-21)18(13-3-4-13)15(14)12-20-16;20-17(21)14-9-12-3-4-15(19-5-7-22-8-6-19)16(11-1-2-11)13(12)10-18-14;1-2-22-16(20)13-9-11-3-4-14(15(17)12(11)10-18-13)19-5-7-21-8-6-19;1-2-21-16(19)15-10-12-3-4-14(9-13(12)11-17-15)18-5-7-20-8-6-18;1-15(2,3)19-14(18)17-12-7-6-10(9-11(12)16)13-5-4-8-20-13;1-2-16-12(15)11-6-8-3-4-10(13)5-9(8)7-14-11/h5-6,11-13H,2-4,7-10H2,1H3;3-4,9-11H,1-2,5-8H2,(H,20,21);3-4,9-10H,2,5-8H2,1H3;3-4,9-11H,2,5-8H2,1H3;4-9H,16H2,1-3H3,(H,17,18);3-7H,2H2,1H3. The zero-order chi connectivity index (χ0) is 88.1. The molecule has 6 aromatic carbocycles. The number of rotatable bonds is 17. The molecule has 0 atom stereocenters. The van der Waals surface area contributed by atoms with E-state index in [2.05, 4.69) is 118 Å². The van der Waals surface area contributed by atoms with Crippen LogP contribution in [0.15, 0.2) is 179 Å². The van der Waals surface area contributed by atoms with Crippen molar-refractivity contribution in [1.82, 2.24) is 24.9 Å². The Morgan fingerprint density at radius 2 is 0.848 bits per heavy atom. The van der Waals surface area contributed by atoms with Crippen molar-refractivity contribution in [3.8, 4) is 10.4 Å². The number of hydrogen-bond donors (Lipinski definition) is 3. The van der Waals surface area contributed by atoms with E-state index < -0.39 is 23.6 Å². The molecule has 27 nitrogen and oxygen atoms in total. The lowest BCUT2D eigenvalue weighted by Crippen LogP contribution is -2.36. The van der Waals surface area contributed by atoms with Crippen LogP contribution in [-0.2, 0) is 42.6 Å². The lowest BCUT2D eigenvalue weighted by atomic mass is 9.99. The van der Waals surface area contributed by atoms with Crippen LogP contribution in [0.4, 0.5) is 38.9 Å². The van der Waals surface area contributed by atoms with Gasteiger partial charge < -0.3 is 73.1 Å². The number of halogens is 2. The summed E-state index contributed by atoms with van der Waals surface area (Å²) >= 11 is 8.70. The number of carbonyl (C=O) groups is 6. The van der Waals surface area contributed by atoms with E-state index in [9.17, 15) is 28.8 Å². The number of carboxylic acid groups (broad SMARTS) is 1. The number of carboxylic acids is 1. The average molecular weight is 1850 g/mol. The molecule has 0 spiro atoms. The van der Waals surface area contributed by atoms with Crippen LogP contribution < -0.4 is 30.7 Å². The van der Waals surface area contributed by atoms with Crippen molar-refractivity contribution in [1.29, 1.82) is 0 Å². The molecular formula is C95H103Br2N11O16S. The Morgan fingerprint density at radius 1 is 0.456 bits per heavy atom. The molecule has 30 heteroatoms. The summed E-state index contributed by atoms with van der Waals surface area (Å²) < 4.78 is 48.8. The number of aromatic nitrogens is 5. The number of thiophene rings is 1. The lowest BCUT2D eigenvalue weighted by molar-refractivity contribution is 0.0510. The number of esters is 4. The van der Waals surface area contributed by atoms with Gasteiger partial charge in [-0.3, -0.25) is 5.32 Å². The molecule has 4 N–H and O–H groups in total. The van der Waals surface area contributed by atoms with Crippen LogP contribution in [0.2, 0.25) is 0 Å². The monoisotopic (exact) mass is 1840 g/mol. The minimum atomic E-state index is -0.980. The molecule has 1 amide bonds. The van der Waals surface area contributed by atoms with Crippen molar-refractivity contribution in [2.45, 2.75) is 91.6 Å². The molecule has 125 heavy (non-hydrogen) atoms. The maximum Gasteiger partial charge on any atom is 0.412 e. The summed E-state index contributed by atoms with van der Waals surface area (Å²) in [6.07, 6.45) is 13.1. The van der Waals surface area contributed by atoms with Gasteiger partial charge in [-0.05, 0) is 242 Å². The lowest BCUT2D eigenvalue weighted by Gasteiger charge is -2.31. The molecule has 0 radical (unpaired) electrons. The Balaban J connectivity index is 0.000000129. The van der Waals surface area contributed by atoms with Crippen molar-refractivity contribution in [2.75, 3.05) is 162 Å². The van der Waals surface area contributed by atoms with Crippen LogP contribution >= 0.6 is 43.2 Å². The van der Waals surface area contributed by atoms with Gasteiger partial charge in [0.05, 0.1) is 101 Å². The summed E-state index contributed by atoms with van der Waals surface area (Å²) in [6.45, 7) is 27.3. The number of fused-ring (bicyclic) bond motifs is 5. The van der Waals surface area contributed by atoms with E-state index in [1.165, 1.54) is 48.2 Å². The first-order valence-electron chi connectivity index (χ1n) is 42.1. The van der Waals surface area contributed by atoms with Gasteiger partial charge in [-0.2, -0.15) is 0 Å². The summed E-state index contributed by atoms with van der Waals surface area (Å²) in [5, 5.41) is 24.0. The van der Waals surface area contributed by atoms with Gasteiger partial charge in [0.1, 0.15) is 34.1 Å². The van der Waals surface area contributed by atoms with Gasteiger partial charge in [0.25, 0.3) is 0 Å². The normalized spacial score (nSPS) is 15.0. The average Bonchev–Trinajstić information content (AvgIpc) is 1.63. The van der Waals surface area contributed by atoms with E-state index in [0.29, 0.717) is 72.4 Å². The molecule has 10 heterocycles. The van der Waals surface area contributed by atoms with Gasteiger partial charge >= 0.3 is 35.9 Å². The Hall–Kier alpha value is -11.5. The predicted molar refractivity (Wildman–Crippen MR) is 495 cm³/mol. The van der Waals surface area contributed by atoms with Crippen molar-refractivity contribution in [2.24, 2.45) is 0 Å². The summed E-state index contributed by atoms with van der Waals surface area (Å²) in [7, 11) is 0. The van der Waals surface area contributed by atoms with Crippen molar-refractivity contribution >= 4 is 167 Å². The van der Waals surface area contributed by atoms with Crippen LogP contribution in [-0.4, -0.2) is 203 Å². The van der Waals surface area contributed by atoms with Crippen LogP contribution in [0.1, 0.15) is 150 Å². The second-order valence-electron chi connectivity index (χ2n) is 31.0. The molecule has 6 aromatic heterocycles. The molecule has 2 aliphatic carbocycles. The minimum absolute atomic E-state index is 0.105. The molecular weight excluding hydrogens is 1740 g/mol. The van der Waals surface area contributed by atoms with Crippen molar-refractivity contribution in [3.05, 3.63) is 218 Å². The van der Waals surface area contributed by atoms with E-state index >= 15 is 0 Å². The van der Waals surface area contributed by atoms with Gasteiger partial charge in [0.15, 0.2) is 0 Å². The first-order valence-corrected chi connectivity index (χ1v) is 44.6. The number of pyridine rings is 5. The first-order chi connectivity index (χ1) is 60.5. The number of nitrogen functional groups attached to an aromatic ring is 1. The zero-order valence-electron chi connectivity index (χ0n) is 71.1. The maximum absolute atomic E-state index is 11.9. The third-order valence-electron chi connectivity index (χ3n) is 21.1. The van der Waals surface area contributed by atoms with Gasteiger partial charge in [0.2, 0.25) is 0 Å². The van der Waals surface area contributed by atoms with E-state index in [4.69, 9.17) is 53.5 Å². The zero-order valence-corrected chi connectivity index (χ0v) is 75.1. The highest BCUT2D eigenvalue weighted by Crippen LogP contribution is 2.49. The maximum atomic E-state index is 11.9. The molecule has 6 fully saturated rings. The van der Waals surface area contributed by atoms with Crippen LogP contribution in [0, 0.1) is 0 Å². The van der Waals surface area contributed by atoms with Crippen LogP contribution in [0.3, 0.4) is 0 Å². The number of anilines is 6. The molecule has 4 saturated heterocycles. The van der Waals surface area contributed by atoms with Gasteiger partial charge in [-0.1, -0.05) is 58.4 Å². The highest BCUT2D eigenvalue weighted by molar-refractivity contribution is 9.11. The summed E-state index contributed by atoms with van der Waals surface area (Å²) in [4.78, 5) is 101. The Morgan fingerprint density at radius 3 is 1.28 bits per heavy atom. The SMILES string of the molecule is CC(C)(C)OC(=O)Nc1ccc(-c2cccs2)cc1N.CCOC(=O)c1cc2ccc(Br)cc2cn1.CCOC(=O)c1cc2ccc(N3CCOCC3)c(Br)c2cn1.CCOC(=O)c1cc2ccc(N3CCOCC3)c(C3CC3)c2cn1.CCOC(=O)c1cc2ccc(N3CCOCC3)cc2cn1.O=C(O)c1cc2ccc(N3CCOCC3)c(C3CC3)c2cn1. The Kier molecular flexibility index (Phi) is 31.7. The summed E-state index contributed by atoms with van der Waals surface area (Å²) in [5.41, 5.74) is 16.6. The molecule has 4 aliphatic heterocycles. The molecule has 0 unspecified atom stereocenters. The fourth-order valence-corrected chi connectivity index (χ4v) is 16.6. The number of carbonyl (C=O) groups excluding carboxylic acids is 5. The first kappa shape index (κ1) is 91.2. The van der Waals surface area contributed by atoms with E-state index in [0.717, 1.165) is 190 Å². The number of benzene rings is 6. The smallest absolute Gasteiger partial charge is 0.412 e. The molecule has 654 valence electrons. The molecule has 18 rings (SSSR count). The third-order valence-corrected chi connectivity index (χ3v) is 23.4. The van der Waals surface area contributed by atoms with Gasteiger partial charge in [-0.15, -0.1) is 11.3 Å². The van der Waals surface area contributed by atoms with Crippen molar-refractivity contribution < 1.29 is 76.5 Å². The molecule has 12 aromatic rings. The Labute approximate surface area is 746 Å². The quantitative estimate of drug-likeness (QED) is 0.0433. The molecule has 2 saturated carbocycles. The van der Waals surface area contributed by atoms with Gasteiger partial charge in [-0.25, -0.2) is 53.7 Å². The number of nitrogens with one attached hydrogen (secondary N) is 1. The van der Waals surface area contributed by atoms with Crippen molar-refractivity contribution in [3.63, 3.8) is 0 Å². The number of hydrogen-bond acceptors (Lipinski definition) is 26. The van der Waals surface area contributed by atoms with E-state index in [-0.39, 0.29) is 23.6 Å². The fraction of sp³-hybridized carbons (Fsp3) is 0.358. The number of morpholine rings is 4. The van der Waals surface area contributed by atoms with Gasteiger partial charge in [0, 0.05) is 137 Å². The topological polar surface area (TPSA) is 321 Å². The van der Waals surface area contributed by atoms with Crippen LogP contribution in [0.5, 0.6) is 0 Å². The largest absolute Gasteiger partial charge is 0.477 e. The Bertz CT molecular complexity index is 5810. The fourth-order valence-electron chi connectivity index (χ4n) is 14.8. The predicted octanol–water partition coefficient (Wildman–Crippen LogP) is 18.5. The minimum Gasteiger partial charge on any atom is -0.477 e.